The van der Waals surface area contributed by atoms with Crippen molar-refractivity contribution in [3.63, 3.8) is 0 Å². The van der Waals surface area contributed by atoms with E-state index in [-0.39, 0.29) is 5.91 Å². The van der Waals surface area contributed by atoms with Crippen molar-refractivity contribution < 1.29 is 14.3 Å². The van der Waals surface area contributed by atoms with Gasteiger partial charge in [0.05, 0.1) is 30.9 Å². The minimum absolute atomic E-state index is 0.215. The number of fused-ring (bicyclic) bond motifs is 3. The highest BCUT2D eigenvalue weighted by Crippen LogP contribution is 2.29. The highest BCUT2D eigenvalue weighted by atomic mass is 16.5. The number of carbonyl (C=O) groups is 1. The first-order valence-electron chi connectivity index (χ1n) is 10.6. The Morgan fingerprint density at radius 3 is 2.80 bits per heavy atom. The van der Waals surface area contributed by atoms with Crippen LogP contribution in [0.3, 0.4) is 0 Å². The molecule has 1 aliphatic rings. The highest BCUT2D eigenvalue weighted by Gasteiger charge is 2.18. The Labute approximate surface area is 176 Å². The number of nitrogen functional groups attached to an aromatic ring is 1. The number of benzene rings is 1. The van der Waals surface area contributed by atoms with E-state index >= 15 is 0 Å². The van der Waals surface area contributed by atoms with Crippen LogP contribution in [0, 0.1) is 0 Å². The van der Waals surface area contributed by atoms with Gasteiger partial charge in [0.25, 0.3) is 0 Å². The van der Waals surface area contributed by atoms with Crippen molar-refractivity contribution in [2.24, 2.45) is 0 Å². The first-order chi connectivity index (χ1) is 14.7. The molecule has 1 aromatic carbocycles. The Bertz CT molecular complexity index is 1030. The quantitative estimate of drug-likeness (QED) is 0.572. The predicted molar refractivity (Wildman–Crippen MR) is 116 cm³/mol. The summed E-state index contributed by atoms with van der Waals surface area (Å²) < 4.78 is 12.8. The van der Waals surface area contributed by atoms with E-state index in [4.69, 9.17) is 20.2 Å². The number of hydrogen-bond donors (Lipinski definition) is 1. The van der Waals surface area contributed by atoms with Crippen molar-refractivity contribution >= 4 is 33.7 Å². The molecule has 30 heavy (non-hydrogen) atoms. The number of anilines is 1. The molecule has 3 heterocycles. The van der Waals surface area contributed by atoms with E-state index in [0.717, 1.165) is 47.1 Å². The number of morpholine rings is 1. The van der Waals surface area contributed by atoms with Crippen molar-refractivity contribution in [2.45, 2.75) is 32.2 Å². The number of aryl methyl sites for hydroxylation is 1. The fourth-order valence-electron chi connectivity index (χ4n) is 4.05. The SMILES string of the molecule is COCCc1nc2c(N)nc3ccccc3c2n1CCCCC(=O)N1CCOCC1. The fraction of sp³-hybridized carbons (Fsp3) is 0.500. The van der Waals surface area contributed by atoms with Crippen LogP contribution >= 0.6 is 0 Å². The molecule has 2 aromatic heterocycles. The highest BCUT2D eigenvalue weighted by molar-refractivity contribution is 6.06. The fourth-order valence-corrected chi connectivity index (χ4v) is 4.05. The predicted octanol–water partition coefficient (Wildman–Crippen LogP) is 2.38. The largest absolute Gasteiger partial charge is 0.384 e. The molecule has 1 fully saturated rings. The lowest BCUT2D eigenvalue weighted by atomic mass is 10.1. The summed E-state index contributed by atoms with van der Waals surface area (Å²) >= 11 is 0. The van der Waals surface area contributed by atoms with Gasteiger partial charge in [0.15, 0.2) is 5.82 Å². The molecule has 1 saturated heterocycles. The molecule has 0 unspecified atom stereocenters. The Morgan fingerprint density at radius 2 is 2.00 bits per heavy atom. The standard InChI is InChI=1S/C22H29N5O3/c1-29-13-9-18-25-20-21(16-6-2-3-7-17(16)24-22(20)23)27(18)10-5-4-8-19(28)26-11-14-30-15-12-26/h2-3,6-7H,4-5,8-15H2,1H3,(H2,23,24). The second-order valence-electron chi connectivity index (χ2n) is 7.58. The number of para-hydroxylation sites is 1. The molecule has 160 valence electrons. The van der Waals surface area contributed by atoms with Crippen LogP contribution in [0.2, 0.25) is 0 Å². The van der Waals surface area contributed by atoms with Crippen LogP contribution in [0.4, 0.5) is 5.82 Å². The molecule has 8 nitrogen and oxygen atoms in total. The molecule has 0 spiro atoms. The third kappa shape index (κ3) is 4.24. The number of imidazole rings is 1. The van der Waals surface area contributed by atoms with E-state index in [1.165, 1.54) is 0 Å². The smallest absolute Gasteiger partial charge is 0.222 e. The Balaban J connectivity index is 1.54. The second-order valence-corrected chi connectivity index (χ2v) is 7.58. The van der Waals surface area contributed by atoms with E-state index < -0.39 is 0 Å². The lowest BCUT2D eigenvalue weighted by molar-refractivity contribution is -0.135. The van der Waals surface area contributed by atoms with E-state index in [1.54, 1.807) is 7.11 Å². The maximum absolute atomic E-state index is 12.4. The van der Waals surface area contributed by atoms with Crippen molar-refractivity contribution in [3.8, 4) is 0 Å². The first-order valence-corrected chi connectivity index (χ1v) is 10.6. The molecule has 2 N–H and O–H groups in total. The van der Waals surface area contributed by atoms with E-state index in [9.17, 15) is 4.79 Å². The van der Waals surface area contributed by atoms with Gasteiger partial charge in [0, 0.05) is 45.0 Å². The Kier molecular flexibility index (Phi) is 6.44. The molecular formula is C22H29N5O3. The molecule has 0 saturated carbocycles. The van der Waals surface area contributed by atoms with Crippen LogP contribution in [-0.2, 0) is 27.2 Å². The number of amides is 1. The van der Waals surface area contributed by atoms with Gasteiger partial charge in [-0.1, -0.05) is 18.2 Å². The maximum Gasteiger partial charge on any atom is 0.222 e. The second kappa shape index (κ2) is 9.40. The van der Waals surface area contributed by atoms with Crippen molar-refractivity contribution in [1.29, 1.82) is 0 Å². The molecule has 3 aromatic rings. The number of pyridine rings is 1. The van der Waals surface area contributed by atoms with Gasteiger partial charge in [-0.05, 0) is 18.9 Å². The number of unbranched alkanes of at least 4 members (excludes halogenated alkanes) is 1. The van der Waals surface area contributed by atoms with Gasteiger partial charge in [-0.2, -0.15) is 0 Å². The molecule has 0 radical (unpaired) electrons. The summed E-state index contributed by atoms with van der Waals surface area (Å²) in [6.45, 7) is 4.04. The number of nitrogens with two attached hydrogens (primary N) is 1. The third-order valence-electron chi connectivity index (χ3n) is 5.61. The number of methoxy groups -OCH3 is 1. The summed E-state index contributed by atoms with van der Waals surface area (Å²) in [5.74, 6) is 1.60. The minimum atomic E-state index is 0.215. The van der Waals surface area contributed by atoms with Crippen LogP contribution in [0.25, 0.3) is 21.9 Å². The van der Waals surface area contributed by atoms with E-state index in [2.05, 4.69) is 15.6 Å². The maximum atomic E-state index is 12.4. The lowest BCUT2D eigenvalue weighted by Gasteiger charge is -2.26. The van der Waals surface area contributed by atoms with Gasteiger partial charge in [-0.15, -0.1) is 0 Å². The molecule has 4 rings (SSSR count). The zero-order valence-electron chi connectivity index (χ0n) is 17.5. The summed E-state index contributed by atoms with van der Waals surface area (Å²) in [5.41, 5.74) is 8.85. The molecule has 0 aliphatic carbocycles. The first kappa shape index (κ1) is 20.6. The van der Waals surface area contributed by atoms with Crippen molar-refractivity contribution in [1.82, 2.24) is 19.4 Å². The Morgan fingerprint density at radius 1 is 1.20 bits per heavy atom. The molecule has 0 atom stereocenters. The molecule has 0 bridgehead atoms. The number of ether oxygens (including phenoxy) is 2. The van der Waals surface area contributed by atoms with Gasteiger partial charge in [-0.25, -0.2) is 9.97 Å². The Hall–Kier alpha value is -2.71. The molecule has 8 heteroatoms. The van der Waals surface area contributed by atoms with Gasteiger partial charge in [0.1, 0.15) is 11.3 Å². The molecule has 1 amide bonds. The van der Waals surface area contributed by atoms with Crippen LogP contribution in [0.5, 0.6) is 0 Å². The summed E-state index contributed by atoms with van der Waals surface area (Å²) in [6, 6.07) is 8.00. The van der Waals surface area contributed by atoms with Gasteiger partial charge in [0.2, 0.25) is 5.91 Å². The number of hydrogen-bond acceptors (Lipinski definition) is 6. The summed E-state index contributed by atoms with van der Waals surface area (Å²) in [7, 11) is 1.69. The van der Waals surface area contributed by atoms with E-state index in [1.807, 2.05) is 23.1 Å². The number of carbonyl (C=O) groups excluding carboxylic acids is 1. The van der Waals surface area contributed by atoms with Crippen LogP contribution in [0.1, 0.15) is 25.1 Å². The summed E-state index contributed by atoms with van der Waals surface area (Å²) in [6.07, 6.45) is 2.98. The van der Waals surface area contributed by atoms with Gasteiger partial charge >= 0.3 is 0 Å². The zero-order chi connectivity index (χ0) is 20.9. The molecule has 1 aliphatic heterocycles. The van der Waals surface area contributed by atoms with Crippen LogP contribution in [-0.4, -0.2) is 65.4 Å². The third-order valence-corrected chi connectivity index (χ3v) is 5.61. The summed E-state index contributed by atoms with van der Waals surface area (Å²) in [4.78, 5) is 23.6. The monoisotopic (exact) mass is 411 g/mol. The van der Waals surface area contributed by atoms with Gasteiger partial charge < -0.3 is 24.7 Å². The summed E-state index contributed by atoms with van der Waals surface area (Å²) in [5, 5.41) is 1.04. The normalized spacial score (nSPS) is 14.6. The van der Waals surface area contributed by atoms with Gasteiger partial charge in [-0.3, -0.25) is 4.79 Å². The van der Waals surface area contributed by atoms with Crippen molar-refractivity contribution in [2.75, 3.05) is 45.8 Å². The number of aromatic nitrogens is 3. The van der Waals surface area contributed by atoms with Crippen LogP contribution < -0.4 is 5.73 Å². The minimum Gasteiger partial charge on any atom is -0.384 e. The van der Waals surface area contributed by atoms with Crippen molar-refractivity contribution in [3.05, 3.63) is 30.1 Å². The average molecular weight is 412 g/mol. The van der Waals surface area contributed by atoms with Crippen LogP contribution in [0.15, 0.2) is 24.3 Å². The number of nitrogens with zero attached hydrogens (tertiary/aromatic N) is 4. The van der Waals surface area contributed by atoms with E-state index in [0.29, 0.717) is 51.6 Å². The topological polar surface area (TPSA) is 95.5 Å². The lowest BCUT2D eigenvalue weighted by Crippen LogP contribution is -2.40. The molecular weight excluding hydrogens is 382 g/mol. The average Bonchev–Trinajstić information content (AvgIpc) is 3.15. The zero-order valence-corrected chi connectivity index (χ0v) is 17.5. The number of rotatable bonds is 8.